The van der Waals surface area contributed by atoms with Crippen LogP contribution in [0.3, 0.4) is 0 Å². The van der Waals surface area contributed by atoms with Crippen LogP contribution in [-0.2, 0) is 10.0 Å². The molecule has 118 valence electrons. The quantitative estimate of drug-likeness (QED) is 0.836. The molecule has 1 aromatic rings. The first-order valence-corrected chi connectivity index (χ1v) is 9.01. The molecule has 1 fully saturated rings. The van der Waals surface area contributed by atoms with Crippen molar-refractivity contribution in [2.24, 2.45) is 5.92 Å². The van der Waals surface area contributed by atoms with Crippen LogP contribution in [-0.4, -0.2) is 27.5 Å². The first-order valence-electron chi connectivity index (χ1n) is 7.52. The van der Waals surface area contributed by atoms with E-state index < -0.39 is 10.0 Å². The van der Waals surface area contributed by atoms with Gasteiger partial charge in [-0.3, -0.25) is 0 Å². The molecule has 0 spiro atoms. The number of piperidine rings is 1. The van der Waals surface area contributed by atoms with Gasteiger partial charge in [0.2, 0.25) is 10.0 Å². The first kappa shape index (κ1) is 16.1. The number of nitrogens with two attached hydrogens (primary N) is 1. The van der Waals surface area contributed by atoms with Gasteiger partial charge in [-0.2, -0.15) is 0 Å². The van der Waals surface area contributed by atoms with Crippen LogP contribution in [0.5, 0.6) is 0 Å². The Morgan fingerprint density at radius 2 is 2.10 bits per heavy atom. The number of hydrogen-bond acceptors (Lipinski definition) is 4. The number of anilines is 2. The van der Waals surface area contributed by atoms with E-state index in [1.165, 1.54) is 6.42 Å². The Balaban J connectivity index is 2.40. The predicted molar refractivity (Wildman–Crippen MR) is 86.9 cm³/mol. The lowest BCUT2D eigenvalue weighted by Crippen LogP contribution is -2.42. The van der Waals surface area contributed by atoms with E-state index in [1.54, 1.807) is 25.1 Å². The van der Waals surface area contributed by atoms with Crippen molar-refractivity contribution in [3.05, 3.63) is 18.2 Å². The number of hydrogen-bond donors (Lipinski definition) is 2. The Morgan fingerprint density at radius 3 is 2.76 bits per heavy atom. The van der Waals surface area contributed by atoms with Crippen LogP contribution < -0.4 is 15.4 Å². The van der Waals surface area contributed by atoms with Gasteiger partial charge < -0.3 is 10.6 Å². The summed E-state index contributed by atoms with van der Waals surface area (Å²) in [6, 6.07) is 5.31. The zero-order chi connectivity index (χ0) is 15.6. The van der Waals surface area contributed by atoms with Crippen molar-refractivity contribution in [1.82, 2.24) is 4.72 Å². The number of rotatable bonds is 4. The van der Waals surface area contributed by atoms with E-state index in [0.717, 1.165) is 18.7 Å². The molecule has 0 aliphatic carbocycles. The highest BCUT2D eigenvalue weighted by molar-refractivity contribution is 7.89. The molecule has 5 nitrogen and oxygen atoms in total. The van der Waals surface area contributed by atoms with Crippen LogP contribution in [0.4, 0.5) is 11.4 Å². The van der Waals surface area contributed by atoms with Crippen LogP contribution in [0, 0.1) is 5.92 Å². The second-order valence-corrected chi connectivity index (χ2v) is 7.54. The molecule has 1 aromatic carbocycles. The van der Waals surface area contributed by atoms with Gasteiger partial charge >= 0.3 is 0 Å². The van der Waals surface area contributed by atoms with Crippen molar-refractivity contribution in [3.63, 3.8) is 0 Å². The summed E-state index contributed by atoms with van der Waals surface area (Å²) in [5.41, 5.74) is 7.55. The number of nitrogens with zero attached hydrogens (tertiary/aromatic N) is 1. The van der Waals surface area contributed by atoms with Gasteiger partial charge in [0, 0.05) is 19.1 Å². The van der Waals surface area contributed by atoms with Crippen LogP contribution in [0.2, 0.25) is 0 Å². The molecule has 0 aromatic heterocycles. The topological polar surface area (TPSA) is 75.4 Å². The molecule has 2 rings (SSSR count). The Hall–Kier alpha value is -1.27. The average molecular weight is 311 g/mol. The van der Waals surface area contributed by atoms with Crippen LogP contribution in [0.1, 0.15) is 33.6 Å². The molecular formula is C15H25N3O2S. The highest BCUT2D eigenvalue weighted by Gasteiger charge is 2.27. The fourth-order valence-corrected chi connectivity index (χ4v) is 3.95. The minimum Gasteiger partial charge on any atom is -0.397 e. The molecule has 2 unspecified atom stereocenters. The molecule has 6 heteroatoms. The van der Waals surface area contributed by atoms with E-state index in [1.807, 2.05) is 0 Å². The molecule has 1 heterocycles. The van der Waals surface area contributed by atoms with E-state index in [0.29, 0.717) is 24.2 Å². The third-order valence-corrected chi connectivity index (χ3v) is 5.87. The third-order valence-electron chi connectivity index (χ3n) is 4.33. The number of sulfonamides is 1. The highest BCUT2D eigenvalue weighted by Crippen LogP contribution is 2.33. The summed E-state index contributed by atoms with van der Waals surface area (Å²) >= 11 is 0. The molecular weight excluding hydrogens is 286 g/mol. The van der Waals surface area contributed by atoms with Gasteiger partial charge in [0.05, 0.1) is 16.3 Å². The summed E-state index contributed by atoms with van der Waals surface area (Å²) in [7, 11) is -3.45. The lowest BCUT2D eigenvalue weighted by molar-refractivity contribution is 0.364. The fourth-order valence-electron chi connectivity index (χ4n) is 2.89. The van der Waals surface area contributed by atoms with Crippen molar-refractivity contribution in [2.45, 2.75) is 44.6 Å². The molecule has 1 aliphatic heterocycles. The Labute approximate surface area is 127 Å². The summed E-state index contributed by atoms with van der Waals surface area (Å²) in [5, 5.41) is 0. The predicted octanol–water partition coefficient (Wildman–Crippen LogP) is 2.19. The van der Waals surface area contributed by atoms with E-state index in [-0.39, 0.29) is 4.90 Å². The highest BCUT2D eigenvalue weighted by atomic mass is 32.2. The van der Waals surface area contributed by atoms with E-state index >= 15 is 0 Å². The number of nitrogen functional groups attached to an aromatic ring is 1. The second-order valence-electron chi connectivity index (χ2n) is 5.78. The van der Waals surface area contributed by atoms with Gasteiger partial charge in [0.15, 0.2) is 0 Å². The second kappa shape index (κ2) is 6.23. The van der Waals surface area contributed by atoms with Crippen molar-refractivity contribution in [3.8, 4) is 0 Å². The Bertz CT molecular complexity index is 601. The van der Waals surface area contributed by atoms with Crippen LogP contribution in [0.15, 0.2) is 23.1 Å². The molecule has 1 aliphatic rings. The van der Waals surface area contributed by atoms with Gasteiger partial charge in [0.25, 0.3) is 0 Å². The van der Waals surface area contributed by atoms with Crippen LogP contribution in [0.25, 0.3) is 0 Å². The molecule has 0 radical (unpaired) electrons. The van der Waals surface area contributed by atoms with Crippen molar-refractivity contribution >= 4 is 21.4 Å². The summed E-state index contributed by atoms with van der Waals surface area (Å²) in [6.45, 7) is 7.46. The first-order chi connectivity index (χ1) is 9.86. The standard InChI is InChI=1S/C15H25N3O2S/c1-4-17-21(19,20)13-7-8-14(16)15(10-13)18-9-5-6-11(2)12(18)3/h7-8,10-12,17H,4-6,9,16H2,1-3H3. The van der Waals surface area contributed by atoms with Crippen molar-refractivity contribution in [1.29, 1.82) is 0 Å². The van der Waals surface area contributed by atoms with Crippen molar-refractivity contribution < 1.29 is 8.42 Å². The summed E-state index contributed by atoms with van der Waals surface area (Å²) in [4.78, 5) is 2.51. The maximum Gasteiger partial charge on any atom is 0.240 e. The van der Waals surface area contributed by atoms with E-state index in [9.17, 15) is 8.42 Å². The molecule has 3 N–H and O–H groups in total. The van der Waals surface area contributed by atoms with Crippen LogP contribution >= 0.6 is 0 Å². The summed E-state index contributed by atoms with van der Waals surface area (Å²) < 4.78 is 26.8. The Kier molecular flexibility index (Phi) is 4.78. The summed E-state index contributed by atoms with van der Waals surface area (Å²) in [6.07, 6.45) is 2.31. The van der Waals surface area contributed by atoms with Gasteiger partial charge in [-0.05, 0) is 43.9 Å². The maximum absolute atomic E-state index is 12.2. The minimum absolute atomic E-state index is 0.277. The lowest BCUT2D eigenvalue weighted by Gasteiger charge is -2.40. The fraction of sp³-hybridized carbons (Fsp3) is 0.600. The minimum atomic E-state index is -3.45. The van der Waals surface area contributed by atoms with Gasteiger partial charge in [-0.15, -0.1) is 0 Å². The largest absolute Gasteiger partial charge is 0.397 e. The third kappa shape index (κ3) is 3.32. The maximum atomic E-state index is 12.2. The Morgan fingerprint density at radius 1 is 1.38 bits per heavy atom. The molecule has 0 saturated carbocycles. The van der Waals surface area contributed by atoms with Gasteiger partial charge in [-0.1, -0.05) is 13.8 Å². The molecule has 1 saturated heterocycles. The smallest absolute Gasteiger partial charge is 0.240 e. The lowest BCUT2D eigenvalue weighted by atomic mass is 9.91. The monoisotopic (exact) mass is 311 g/mol. The van der Waals surface area contributed by atoms with E-state index in [2.05, 4.69) is 23.5 Å². The molecule has 21 heavy (non-hydrogen) atoms. The summed E-state index contributed by atoms with van der Waals surface area (Å²) in [5.74, 6) is 0.576. The molecule has 0 amide bonds. The number of nitrogens with one attached hydrogen (secondary N) is 1. The number of benzene rings is 1. The molecule has 2 atom stereocenters. The van der Waals surface area contributed by atoms with E-state index in [4.69, 9.17) is 5.73 Å². The zero-order valence-corrected chi connectivity index (χ0v) is 13.8. The van der Waals surface area contributed by atoms with Gasteiger partial charge in [0.1, 0.15) is 0 Å². The average Bonchev–Trinajstić information content (AvgIpc) is 2.42. The van der Waals surface area contributed by atoms with Gasteiger partial charge in [-0.25, -0.2) is 13.1 Å². The SMILES string of the molecule is CCNS(=O)(=O)c1ccc(N)c(N2CCCC(C)C2C)c1. The zero-order valence-electron chi connectivity index (χ0n) is 13.0. The normalized spacial score (nSPS) is 23.3. The van der Waals surface area contributed by atoms with Crippen molar-refractivity contribution in [2.75, 3.05) is 23.7 Å². The molecule has 0 bridgehead atoms.